The number of aromatic nitrogens is 1. The predicted molar refractivity (Wildman–Crippen MR) is 114 cm³/mol. The minimum absolute atomic E-state index is 0.0902. The molecule has 0 saturated carbocycles. The van der Waals surface area contributed by atoms with E-state index in [-0.39, 0.29) is 50.4 Å². The Morgan fingerprint density at radius 2 is 2.03 bits per heavy atom. The molecule has 0 aliphatic carbocycles. The van der Waals surface area contributed by atoms with Crippen LogP contribution in [0.15, 0.2) is 47.6 Å². The zero-order valence-electron chi connectivity index (χ0n) is 17.7. The molecule has 2 aromatic rings. The van der Waals surface area contributed by atoms with Crippen LogP contribution in [0.3, 0.4) is 0 Å². The summed E-state index contributed by atoms with van der Waals surface area (Å²) in [5.41, 5.74) is 0.947. The fourth-order valence-corrected chi connectivity index (χ4v) is 5.41. The number of hydrogen-bond donors (Lipinski definition) is 0. The third-order valence-electron chi connectivity index (χ3n) is 5.60. The van der Waals surface area contributed by atoms with Crippen molar-refractivity contribution in [3.8, 4) is 0 Å². The number of rotatable bonds is 7. The highest BCUT2D eigenvalue weighted by atomic mass is 32.2. The number of hydrogen-bond acceptors (Lipinski definition) is 6. The molecule has 32 heavy (non-hydrogen) atoms. The maximum atomic E-state index is 14.6. The molecule has 4 rings (SSSR count). The van der Waals surface area contributed by atoms with Gasteiger partial charge < -0.3 is 14.4 Å². The molecular formula is C22H26FN3O5S. The Bertz CT molecular complexity index is 1040. The van der Waals surface area contributed by atoms with Gasteiger partial charge in [-0.15, -0.1) is 0 Å². The average Bonchev–Trinajstić information content (AvgIpc) is 3.33. The molecule has 0 radical (unpaired) electrons. The third-order valence-corrected chi connectivity index (χ3v) is 7.51. The first-order valence-corrected chi connectivity index (χ1v) is 12.1. The van der Waals surface area contributed by atoms with Crippen molar-refractivity contribution < 1.29 is 27.1 Å². The number of carbonyl (C=O) groups is 1. The van der Waals surface area contributed by atoms with Gasteiger partial charge in [-0.3, -0.25) is 9.78 Å². The summed E-state index contributed by atoms with van der Waals surface area (Å²) in [6, 6.07) is 7.14. The van der Waals surface area contributed by atoms with Crippen LogP contribution in [-0.2, 0) is 26.0 Å². The quantitative estimate of drug-likeness (QED) is 0.625. The summed E-state index contributed by atoms with van der Waals surface area (Å²) < 4.78 is 52.6. The summed E-state index contributed by atoms with van der Waals surface area (Å²) in [5.74, 6) is -1.27. The summed E-state index contributed by atoms with van der Waals surface area (Å²) >= 11 is 0. The van der Waals surface area contributed by atoms with Gasteiger partial charge in [0, 0.05) is 50.7 Å². The topological polar surface area (TPSA) is 89.0 Å². The van der Waals surface area contributed by atoms with Gasteiger partial charge in [-0.25, -0.2) is 12.8 Å². The summed E-state index contributed by atoms with van der Waals surface area (Å²) in [5, 5.41) is 0. The Morgan fingerprint density at radius 3 is 2.72 bits per heavy atom. The van der Waals surface area contributed by atoms with E-state index in [0.717, 1.165) is 30.5 Å². The molecular weight excluding hydrogens is 437 g/mol. The maximum absolute atomic E-state index is 14.6. The van der Waals surface area contributed by atoms with E-state index in [9.17, 15) is 17.6 Å². The van der Waals surface area contributed by atoms with Crippen molar-refractivity contribution >= 4 is 15.9 Å². The number of halogens is 1. The van der Waals surface area contributed by atoms with Gasteiger partial charge in [-0.05, 0) is 42.7 Å². The van der Waals surface area contributed by atoms with E-state index in [1.165, 1.54) is 10.4 Å². The highest BCUT2D eigenvalue weighted by Gasteiger charge is 2.31. The fourth-order valence-electron chi connectivity index (χ4n) is 3.91. The average molecular weight is 464 g/mol. The SMILES string of the molecule is O=C(c1ccc(F)c(S(=O)(=O)N2CCOCC2)c1)N(Cc1cccnc1)CC1CCCO1. The number of benzene rings is 1. The van der Waals surface area contributed by atoms with Crippen LogP contribution in [0.25, 0.3) is 0 Å². The van der Waals surface area contributed by atoms with Crippen molar-refractivity contribution in [1.29, 1.82) is 0 Å². The van der Waals surface area contributed by atoms with E-state index in [2.05, 4.69) is 4.98 Å². The monoisotopic (exact) mass is 463 g/mol. The number of morpholine rings is 1. The van der Waals surface area contributed by atoms with Crippen LogP contribution < -0.4 is 0 Å². The number of sulfonamides is 1. The number of pyridine rings is 1. The lowest BCUT2D eigenvalue weighted by atomic mass is 10.1. The van der Waals surface area contributed by atoms with E-state index >= 15 is 0 Å². The number of ether oxygens (including phenoxy) is 2. The first-order chi connectivity index (χ1) is 15.4. The molecule has 8 nitrogen and oxygen atoms in total. The van der Waals surface area contributed by atoms with Gasteiger partial charge in [0.1, 0.15) is 10.7 Å². The lowest BCUT2D eigenvalue weighted by molar-refractivity contribution is 0.0506. The molecule has 1 unspecified atom stereocenters. The van der Waals surface area contributed by atoms with E-state index in [1.54, 1.807) is 23.4 Å². The molecule has 1 aromatic carbocycles. The molecule has 0 bridgehead atoms. The van der Waals surface area contributed by atoms with Crippen molar-refractivity contribution in [3.05, 3.63) is 59.7 Å². The normalized spacial score (nSPS) is 19.7. The van der Waals surface area contributed by atoms with Crippen LogP contribution in [0, 0.1) is 5.82 Å². The van der Waals surface area contributed by atoms with Gasteiger partial charge in [-0.2, -0.15) is 4.31 Å². The fraction of sp³-hybridized carbons (Fsp3) is 0.455. The largest absolute Gasteiger partial charge is 0.379 e. The second-order valence-electron chi connectivity index (χ2n) is 7.84. The molecule has 1 amide bonds. The highest BCUT2D eigenvalue weighted by Crippen LogP contribution is 2.24. The van der Waals surface area contributed by atoms with Crippen LogP contribution in [0.5, 0.6) is 0 Å². The molecule has 172 valence electrons. The Labute approximate surface area is 187 Å². The Morgan fingerprint density at radius 1 is 1.22 bits per heavy atom. The molecule has 3 heterocycles. The van der Waals surface area contributed by atoms with Crippen LogP contribution in [0.1, 0.15) is 28.8 Å². The van der Waals surface area contributed by atoms with Crippen molar-refractivity contribution in [1.82, 2.24) is 14.2 Å². The minimum atomic E-state index is -4.08. The van der Waals surface area contributed by atoms with Gasteiger partial charge in [0.25, 0.3) is 5.91 Å². The summed E-state index contributed by atoms with van der Waals surface area (Å²) in [7, 11) is -4.08. The number of nitrogens with zero attached hydrogens (tertiary/aromatic N) is 3. The van der Waals surface area contributed by atoms with Crippen LogP contribution in [-0.4, -0.2) is 74.1 Å². The predicted octanol–water partition coefficient (Wildman–Crippen LogP) is 2.06. The van der Waals surface area contributed by atoms with Gasteiger partial charge in [0.05, 0.1) is 19.3 Å². The van der Waals surface area contributed by atoms with Crippen LogP contribution in [0.2, 0.25) is 0 Å². The maximum Gasteiger partial charge on any atom is 0.254 e. The van der Waals surface area contributed by atoms with Gasteiger partial charge in [-0.1, -0.05) is 6.07 Å². The number of amides is 1. The van der Waals surface area contributed by atoms with E-state index < -0.39 is 20.7 Å². The van der Waals surface area contributed by atoms with E-state index in [4.69, 9.17) is 9.47 Å². The zero-order valence-corrected chi connectivity index (χ0v) is 18.5. The van der Waals surface area contributed by atoms with Gasteiger partial charge in [0.15, 0.2) is 0 Å². The Kier molecular flexibility index (Phi) is 7.14. The summed E-state index contributed by atoms with van der Waals surface area (Å²) in [6.07, 6.45) is 5.01. The zero-order chi connectivity index (χ0) is 22.6. The second kappa shape index (κ2) is 10.0. The first-order valence-electron chi connectivity index (χ1n) is 10.6. The summed E-state index contributed by atoms with van der Waals surface area (Å²) in [4.78, 5) is 18.6. The molecule has 1 aromatic heterocycles. The molecule has 2 fully saturated rings. The summed E-state index contributed by atoms with van der Waals surface area (Å²) in [6.45, 7) is 2.09. The second-order valence-corrected chi connectivity index (χ2v) is 9.75. The minimum Gasteiger partial charge on any atom is -0.379 e. The smallest absolute Gasteiger partial charge is 0.254 e. The molecule has 0 N–H and O–H groups in total. The molecule has 1 atom stereocenters. The highest BCUT2D eigenvalue weighted by molar-refractivity contribution is 7.89. The van der Waals surface area contributed by atoms with Crippen LogP contribution in [0.4, 0.5) is 4.39 Å². The van der Waals surface area contributed by atoms with Crippen molar-refractivity contribution in [2.45, 2.75) is 30.4 Å². The molecule has 10 heteroatoms. The Balaban J connectivity index is 1.62. The lowest BCUT2D eigenvalue weighted by Crippen LogP contribution is -2.41. The molecule has 0 spiro atoms. The molecule has 2 aliphatic heterocycles. The van der Waals surface area contributed by atoms with Crippen LogP contribution >= 0.6 is 0 Å². The van der Waals surface area contributed by atoms with E-state index in [0.29, 0.717) is 13.2 Å². The first kappa shape index (κ1) is 22.8. The Hall–Kier alpha value is -2.40. The van der Waals surface area contributed by atoms with Crippen molar-refractivity contribution in [2.24, 2.45) is 0 Å². The van der Waals surface area contributed by atoms with E-state index in [1.807, 2.05) is 6.07 Å². The third kappa shape index (κ3) is 5.15. The lowest BCUT2D eigenvalue weighted by Gasteiger charge is -2.27. The molecule has 2 saturated heterocycles. The van der Waals surface area contributed by atoms with Gasteiger partial charge >= 0.3 is 0 Å². The molecule has 2 aliphatic rings. The van der Waals surface area contributed by atoms with Crippen molar-refractivity contribution in [3.63, 3.8) is 0 Å². The number of carbonyl (C=O) groups excluding carboxylic acids is 1. The van der Waals surface area contributed by atoms with Crippen molar-refractivity contribution in [2.75, 3.05) is 39.5 Å². The van der Waals surface area contributed by atoms with Gasteiger partial charge in [0.2, 0.25) is 10.0 Å². The standard InChI is InChI=1S/C22H26FN3O5S/c23-20-6-5-18(13-21(20)32(28,29)26-8-11-30-12-9-26)22(27)25(16-19-4-2-10-31-19)15-17-3-1-7-24-14-17/h1,3,5-7,13-14,19H,2,4,8-12,15-16H2.